The second-order valence-corrected chi connectivity index (χ2v) is 6.27. The molecule has 0 fully saturated rings. The van der Waals surface area contributed by atoms with E-state index in [0.717, 1.165) is 23.3 Å². The Balaban J connectivity index is 1.96. The molecule has 0 heterocycles. The van der Waals surface area contributed by atoms with Gasteiger partial charge in [0.05, 0.1) is 14.2 Å². The Morgan fingerprint density at radius 2 is 1.76 bits per heavy atom. The monoisotopic (exact) mass is 407 g/mol. The zero-order valence-electron chi connectivity index (χ0n) is 17.1. The van der Waals surface area contributed by atoms with Crippen LogP contribution in [0.25, 0.3) is 0 Å². The van der Waals surface area contributed by atoms with Crippen LogP contribution in [0.3, 0.4) is 0 Å². The molecule has 0 aromatic heterocycles. The Bertz CT molecular complexity index is 829. The number of ether oxygens (including phenoxy) is 3. The Kier molecular flexibility index (Phi) is 8.51. The number of rotatable bonds is 9. The highest BCUT2D eigenvalue weighted by molar-refractivity contribution is 5.79. The lowest BCUT2D eigenvalue weighted by atomic mass is 10.1. The van der Waals surface area contributed by atoms with Gasteiger partial charge in [0.1, 0.15) is 17.2 Å². The first-order valence-corrected chi connectivity index (χ1v) is 9.16. The molecule has 2 rings (SSSR count). The van der Waals surface area contributed by atoms with E-state index in [0.29, 0.717) is 23.8 Å². The van der Waals surface area contributed by atoms with Crippen molar-refractivity contribution >= 4 is 5.96 Å². The fourth-order valence-corrected chi connectivity index (χ4v) is 2.85. The van der Waals surface area contributed by atoms with Crippen molar-refractivity contribution in [3.8, 4) is 17.2 Å². The van der Waals surface area contributed by atoms with Gasteiger partial charge in [0, 0.05) is 25.7 Å². The van der Waals surface area contributed by atoms with E-state index >= 15 is 0 Å². The highest BCUT2D eigenvalue weighted by atomic mass is 19.3. The number of halogens is 2. The average molecular weight is 407 g/mol. The first-order valence-electron chi connectivity index (χ1n) is 9.16. The molecule has 0 unspecified atom stereocenters. The van der Waals surface area contributed by atoms with E-state index in [2.05, 4.69) is 26.4 Å². The molecular weight excluding hydrogens is 380 g/mol. The van der Waals surface area contributed by atoms with Crippen LogP contribution in [0.1, 0.15) is 16.7 Å². The Hall–Kier alpha value is -3.03. The topological polar surface area (TPSA) is 64.1 Å². The molecule has 29 heavy (non-hydrogen) atoms. The molecule has 0 spiro atoms. The van der Waals surface area contributed by atoms with E-state index < -0.39 is 6.61 Å². The van der Waals surface area contributed by atoms with Gasteiger partial charge in [-0.3, -0.25) is 4.99 Å². The van der Waals surface area contributed by atoms with E-state index in [1.165, 1.54) is 13.2 Å². The van der Waals surface area contributed by atoms with Gasteiger partial charge >= 0.3 is 6.61 Å². The maximum atomic E-state index is 12.6. The summed E-state index contributed by atoms with van der Waals surface area (Å²) in [5, 5.41) is 6.31. The Morgan fingerprint density at radius 1 is 1.00 bits per heavy atom. The minimum Gasteiger partial charge on any atom is -0.497 e. The van der Waals surface area contributed by atoms with Crippen molar-refractivity contribution in [3.63, 3.8) is 0 Å². The molecule has 158 valence electrons. The largest absolute Gasteiger partial charge is 0.497 e. The number of alkyl halides is 2. The molecule has 0 radical (unpaired) electrons. The zero-order chi connectivity index (χ0) is 21.2. The number of aliphatic imine (C=N–C) groups is 1. The molecule has 6 nitrogen and oxygen atoms in total. The van der Waals surface area contributed by atoms with Crippen molar-refractivity contribution in [2.75, 3.05) is 27.8 Å². The zero-order valence-corrected chi connectivity index (χ0v) is 17.1. The van der Waals surface area contributed by atoms with Crippen molar-refractivity contribution < 1.29 is 23.0 Å². The molecule has 2 N–H and O–H groups in total. The number of nitrogens with zero attached hydrogens (tertiary/aromatic N) is 1. The summed E-state index contributed by atoms with van der Waals surface area (Å²) in [6.45, 7) is -0.00163. The summed E-state index contributed by atoms with van der Waals surface area (Å²) in [5.41, 5.74) is 2.79. The molecule has 0 atom stereocenters. The van der Waals surface area contributed by atoms with Crippen LogP contribution in [0.4, 0.5) is 8.78 Å². The van der Waals surface area contributed by atoms with Gasteiger partial charge < -0.3 is 24.8 Å². The van der Waals surface area contributed by atoms with Gasteiger partial charge in [0.15, 0.2) is 5.96 Å². The first-order chi connectivity index (χ1) is 14.0. The predicted octanol–water partition coefficient (Wildman–Crippen LogP) is 3.52. The fourth-order valence-electron chi connectivity index (χ4n) is 2.85. The third-order valence-corrected chi connectivity index (χ3v) is 4.28. The molecule has 0 aliphatic heterocycles. The minimum absolute atomic E-state index is 0.0910. The Morgan fingerprint density at radius 3 is 2.41 bits per heavy atom. The van der Waals surface area contributed by atoms with Crippen molar-refractivity contribution in [3.05, 3.63) is 53.1 Å². The van der Waals surface area contributed by atoms with Gasteiger partial charge in [-0.25, -0.2) is 0 Å². The van der Waals surface area contributed by atoms with Gasteiger partial charge in [-0.05, 0) is 43.2 Å². The number of benzene rings is 2. The van der Waals surface area contributed by atoms with Gasteiger partial charge in [-0.2, -0.15) is 8.78 Å². The van der Waals surface area contributed by atoms with E-state index in [1.54, 1.807) is 26.3 Å². The van der Waals surface area contributed by atoms with Crippen LogP contribution in [0.2, 0.25) is 0 Å². The second kappa shape index (κ2) is 11.1. The summed E-state index contributed by atoms with van der Waals surface area (Å²) in [7, 11) is 4.81. The number of methoxy groups -OCH3 is 2. The summed E-state index contributed by atoms with van der Waals surface area (Å²) >= 11 is 0. The van der Waals surface area contributed by atoms with E-state index in [4.69, 9.17) is 9.47 Å². The van der Waals surface area contributed by atoms with Gasteiger partial charge in [0.25, 0.3) is 0 Å². The lowest BCUT2D eigenvalue weighted by molar-refractivity contribution is -0.0504. The lowest BCUT2D eigenvalue weighted by Crippen LogP contribution is -2.38. The van der Waals surface area contributed by atoms with Gasteiger partial charge in [0.2, 0.25) is 0 Å². The van der Waals surface area contributed by atoms with Crippen molar-refractivity contribution in [2.45, 2.75) is 26.5 Å². The lowest BCUT2D eigenvalue weighted by Gasteiger charge is -2.16. The SMILES string of the molecule is CN=C(NCCc1cc(C)ccc1OC)NCc1cc(OC)ccc1OC(F)F. The summed E-state index contributed by atoms with van der Waals surface area (Å²) in [4.78, 5) is 4.17. The molecule has 0 aliphatic carbocycles. The van der Waals surface area contributed by atoms with Crippen LogP contribution in [0.5, 0.6) is 17.2 Å². The molecular formula is C21H27F2N3O3. The molecule has 2 aromatic carbocycles. The molecule has 0 saturated heterocycles. The summed E-state index contributed by atoms with van der Waals surface area (Å²) in [6, 6.07) is 10.7. The van der Waals surface area contributed by atoms with Gasteiger partial charge in [-0.15, -0.1) is 0 Å². The smallest absolute Gasteiger partial charge is 0.387 e. The van der Waals surface area contributed by atoms with Crippen LogP contribution < -0.4 is 24.8 Å². The van der Waals surface area contributed by atoms with Crippen LogP contribution in [-0.4, -0.2) is 40.4 Å². The van der Waals surface area contributed by atoms with E-state index in [-0.39, 0.29) is 12.3 Å². The van der Waals surface area contributed by atoms with Crippen LogP contribution >= 0.6 is 0 Å². The van der Waals surface area contributed by atoms with Crippen LogP contribution in [0.15, 0.2) is 41.4 Å². The number of hydrogen-bond donors (Lipinski definition) is 2. The van der Waals surface area contributed by atoms with E-state index in [1.807, 2.05) is 19.1 Å². The normalized spacial score (nSPS) is 11.3. The number of aryl methyl sites for hydroxylation is 1. The highest BCUT2D eigenvalue weighted by Crippen LogP contribution is 2.25. The Labute approximate surface area is 169 Å². The van der Waals surface area contributed by atoms with Crippen molar-refractivity contribution in [2.24, 2.45) is 4.99 Å². The van der Waals surface area contributed by atoms with Crippen LogP contribution in [-0.2, 0) is 13.0 Å². The second-order valence-electron chi connectivity index (χ2n) is 6.27. The molecule has 0 aliphatic rings. The molecule has 0 amide bonds. The number of nitrogens with one attached hydrogen (secondary N) is 2. The van der Waals surface area contributed by atoms with Crippen molar-refractivity contribution in [1.29, 1.82) is 0 Å². The standard InChI is InChI=1S/C21H27F2N3O3/c1-14-5-7-18(28-4)15(11-14)9-10-25-21(24-2)26-13-16-12-17(27-3)6-8-19(16)29-20(22)23/h5-8,11-12,20H,9-10,13H2,1-4H3,(H2,24,25,26). The van der Waals surface area contributed by atoms with E-state index in [9.17, 15) is 8.78 Å². The number of hydrogen-bond acceptors (Lipinski definition) is 4. The number of guanidine groups is 1. The van der Waals surface area contributed by atoms with Crippen LogP contribution in [0, 0.1) is 6.92 Å². The average Bonchev–Trinajstić information content (AvgIpc) is 2.71. The summed E-state index contributed by atoms with van der Waals surface area (Å²) < 4.78 is 40.4. The minimum atomic E-state index is -2.90. The molecule has 0 bridgehead atoms. The third kappa shape index (κ3) is 6.81. The molecule has 0 saturated carbocycles. The quantitative estimate of drug-likeness (QED) is 0.492. The summed E-state index contributed by atoms with van der Waals surface area (Å²) in [6.07, 6.45) is 0.741. The first kappa shape index (κ1) is 22.3. The fraction of sp³-hybridized carbons (Fsp3) is 0.381. The maximum Gasteiger partial charge on any atom is 0.387 e. The molecule has 8 heteroatoms. The maximum absolute atomic E-state index is 12.6. The predicted molar refractivity (Wildman–Crippen MR) is 109 cm³/mol. The summed E-state index contributed by atoms with van der Waals surface area (Å²) in [5.74, 6) is 2.03. The van der Waals surface area contributed by atoms with Gasteiger partial charge in [-0.1, -0.05) is 17.7 Å². The highest BCUT2D eigenvalue weighted by Gasteiger charge is 2.12. The third-order valence-electron chi connectivity index (χ3n) is 4.28. The molecule has 2 aromatic rings. The van der Waals surface area contributed by atoms with Crippen molar-refractivity contribution in [1.82, 2.24) is 10.6 Å².